The standard InChI is InChI=1S/C17H21N3O/c1-3-18-16-14-9-6-10-15(14)19-17(20-16)13-8-5-4-7-12(13)11-21-2/h4-5,7-8H,3,6,9-11H2,1-2H3,(H,18,19,20). The van der Waals surface area contributed by atoms with Crippen LogP contribution < -0.4 is 5.32 Å². The second kappa shape index (κ2) is 6.22. The molecule has 2 aromatic rings. The summed E-state index contributed by atoms with van der Waals surface area (Å²) in [5.74, 6) is 1.81. The summed E-state index contributed by atoms with van der Waals surface area (Å²) in [6, 6.07) is 8.19. The highest BCUT2D eigenvalue weighted by atomic mass is 16.5. The molecule has 21 heavy (non-hydrogen) atoms. The number of ether oxygens (including phenoxy) is 1. The third kappa shape index (κ3) is 2.76. The number of hydrogen-bond donors (Lipinski definition) is 1. The summed E-state index contributed by atoms with van der Waals surface area (Å²) in [6.07, 6.45) is 3.30. The Morgan fingerprint density at radius 3 is 2.86 bits per heavy atom. The molecule has 4 heteroatoms. The van der Waals surface area contributed by atoms with Gasteiger partial charge in [-0.25, -0.2) is 9.97 Å². The lowest BCUT2D eigenvalue weighted by Crippen LogP contribution is -2.07. The van der Waals surface area contributed by atoms with E-state index in [1.54, 1.807) is 7.11 Å². The Morgan fingerprint density at radius 1 is 1.19 bits per heavy atom. The van der Waals surface area contributed by atoms with E-state index < -0.39 is 0 Å². The second-order valence-corrected chi connectivity index (χ2v) is 5.30. The van der Waals surface area contributed by atoms with E-state index in [0.29, 0.717) is 6.61 Å². The molecule has 0 spiro atoms. The molecule has 1 heterocycles. The number of methoxy groups -OCH3 is 1. The summed E-state index contributed by atoms with van der Waals surface area (Å²) in [6.45, 7) is 3.55. The van der Waals surface area contributed by atoms with Crippen molar-refractivity contribution in [3.05, 3.63) is 41.1 Å². The smallest absolute Gasteiger partial charge is 0.162 e. The Morgan fingerprint density at radius 2 is 2.05 bits per heavy atom. The summed E-state index contributed by atoms with van der Waals surface area (Å²) in [5, 5.41) is 3.39. The Bertz CT molecular complexity index is 640. The average Bonchev–Trinajstić information content (AvgIpc) is 2.97. The van der Waals surface area contributed by atoms with Gasteiger partial charge >= 0.3 is 0 Å². The highest BCUT2D eigenvalue weighted by Crippen LogP contribution is 2.30. The highest BCUT2D eigenvalue weighted by Gasteiger charge is 2.20. The van der Waals surface area contributed by atoms with E-state index in [4.69, 9.17) is 14.7 Å². The van der Waals surface area contributed by atoms with Crippen LogP contribution in [0.5, 0.6) is 0 Å². The zero-order chi connectivity index (χ0) is 14.7. The van der Waals surface area contributed by atoms with E-state index in [0.717, 1.165) is 42.2 Å². The fourth-order valence-corrected chi connectivity index (χ4v) is 2.89. The van der Waals surface area contributed by atoms with Crippen LogP contribution in [0.3, 0.4) is 0 Å². The van der Waals surface area contributed by atoms with Crippen LogP contribution in [0.25, 0.3) is 11.4 Å². The Balaban J connectivity index is 2.09. The summed E-state index contributed by atoms with van der Waals surface area (Å²) < 4.78 is 5.29. The maximum absolute atomic E-state index is 5.29. The molecule has 1 N–H and O–H groups in total. The molecule has 0 radical (unpaired) electrons. The lowest BCUT2D eigenvalue weighted by Gasteiger charge is -2.13. The third-order valence-corrected chi connectivity index (χ3v) is 3.84. The highest BCUT2D eigenvalue weighted by molar-refractivity contribution is 5.64. The van der Waals surface area contributed by atoms with Gasteiger partial charge in [-0.1, -0.05) is 24.3 Å². The third-order valence-electron chi connectivity index (χ3n) is 3.84. The molecular weight excluding hydrogens is 262 g/mol. The molecule has 1 aromatic carbocycles. The van der Waals surface area contributed by atoms with Crippen LogP contribution in [0.4, 0.5) is 5.82 Å². The van der Waals surface area contributed by atoms with Crippen LogP contribution in [0.1, 0.15) is 30.2 Å². The van der Waals surface area contributed by atoms with Crippen molar-refractivity contribution in [3.63, 3.8) is 0 Å². The van der Waals surface area contributed by atoms with Gasteiger partial charge in [-0.15, -0.1) is 0 Å². The van der Waals surface area contributed by atoms with E-state index in [2.05, 4.69) is 24.4 Å². The van der Waals surface area contributed by atoms with E-state index in [1.165, 1.54) is 17.7 Å². The molecule has 0 fully saturated rings. The topological polar surface area (TPSA) is 47.0 Å². The van der Waals surface area contributed by atoms with Crippen molar-refractivity contribution in [1.82, 2.24) is 9.97 Å². The molecule has 0 amide bonds. The van der Waals surface area contributed by atoms with Crippen LogP contribution in [0.15, 0.2) is 24.3 Å². The van der Waals surface area contributed by atoms with Crippen LogP contribution in [0, 0.1) is 0 Å². The molecule has 1 aromatic heterocycles. The minimum Gasteiger partial charge on any atom is -0.380 e. The molecule has 0 saturated heterocycles. The monoisotopic (exact) mass is 283 g/mol. The predicted molar refractivity (Wildman–Crippen MR) is 84.4 cm³/mol. The Hall–Kier alpha value is -1.94. The van der Waals surface area contributed by atoms with E-state index in [9.17, 15) is 0 Å². The van der Waals surface area contributed by atoms with Crippen LogP contribution in [-0.4, -0.2) is 23.6 Å². The summed E-state index contributed by atoms with van der Waals surface area (Å²) >= 11 is 0. The number of aromatic nitrogens is 2. The van der Waals surface area contributed by atoms with Gasteiger partial charge in [0.15, 0.2) is 5.82 Å². The van der Waals surface area contributed by atoms with Crippen molar-refractivity contribution in [1.29, 1.82) is 0 Å². The van der Waals surface area contributed by atoms with Crippen LogP contribution in [-0.2, 0) is 24.2 Å². The maximum atomic E-state index is 5.29. The predicted octanol–water partition coefficient (Wildman–Crippen LogP) is 3.21. The number of fused-ring (bicyclic) bond motifs is 1. The molecule has 0 atom stereocenters. The lowest BCUT2D eigenvalue weighted by atomic mass is 10.1. The first-order valence-electron chi connectivity index (χ1n) is 7.54. The minimum absolute atomic E-state index is 0.577. The van der Waals surface area contributed by atoms with Gasteiger partial charge in [-0.2, -0.15) is 0 Å². The van der Waals surface area contributed by atoms with Gasteiger partial charge in [0.1, 0.15) is 5.82 Å². The maximum Gasteiger partial charge on any atom is 0.162 e. The SMILES string of the molecule is CCNc1nc(-c2ccccc2COC)nc2c1CCC2. The van der Waals surface area contributed by atoms with Gasteiger partial charge in [-0.05, 0) is 31.7 Å². The fraction of sp³-hybridized carbons (Fsp3) is 0.412. The van der Waals surface area contributed by atoms with E-state index in [1.807, 2.05) is 12.1 Å². The normalized spacial score (nSPS) is 13.2. The second-order valence-electron chi connectivity index (χ2n) is 5.30. The van der Waals surface area contributed by atoms with Crippen molar-refractivity contribution in [2.45, 2.75) is 32.8 Å². The van der Waals surface area contributed by atoms with Gasteiger partial charge in [0.05, 0.1) is 6.61 Å². The molecule has 0 saturated carbocycles. The molecule has 0 bridgehead atoms. The lowest BCUT2D eigenvalue weighted by molar-refractivity contribution is 0.185. The Labute approximate surface area is 125 Å². The minimum atomic E-state index is 0.577. The fourth-order valence-electron chi connectivity index (χ4n) is 2.89. The first-order valence-corrected chi connectivity index (χ1v) is 7.54. The van der Waals surface area contributed by atoms with Crippen LogP contribution >= 0.6 is 0 Å². The van der Waals surface area contributed by atoms with Gasteiger partial charge in [0.2, 0.25) is 0 Å². The van der Waals surface area contributed by atoms with E-state index >= 15 is 0 Å². The molecule has 3 rings (SSSR count). The number of rotatable bonds is 5. The van der Waals surface area contributed by atoms with Gasteiger partial charge in [0.25, 0.3) is 0 Å². The van der Waals surface area contributed by atoms with E-state index in [-0.39, 0.29) is 0 Å². The average molecular weight is 283 g/mol. The quantitative estimate of drug-likeness (QED) is 0.915. The largest absolute Gasteiger partial charge is 0.380 e. The molecular formula is C17H21N3O. The number of anilines is 1. The summed E-state index contributed by atoms with van der Waals surface area (Å²) in [7, 11) is 1.71. The first kappa shape index (κ1) is 14.0. The number of benzene rings is 1. The summed E-state index contributed by atoms with van der Waals surface area (Å²) in [4.78, 5) is 9.57. The van der Waals surface area contributed by atoms with Crippen LogP contribution in [0.2, 0.25) is 0 Å². The molecule has 4 nitrogen and oxygen atoms in total. The van der Waals surface area contributed by atoms with Crippen molar-refractivity contribution < 1.29 is 4.74 Å². The number of nitrogens with one attached hydrogen (secondary N) is 1. The van der Waals surface area contributed by atoms with Crippen molar-refractivity contribution in [2.75, 3.05) is 19.0 Å². The Kier molecular flexibility index (Phi) is 4.15. The van der Waals surface area contributed by atoms with Gasteiger partial charge in [0, 0.05) is 30.5 Å². The molecule has 1 aliphatic carbocycles. The molecule has 0 unspecified atom stereocenters. The molecule has 110 valence electrons. The number of aryl methyl sites for hydroxylation is 1. The zero-order valence-corrected chi connectivity index (χ0v) is 12.6. The first-order chi connectivity index (χ1) is 10.3. The van der Waals surface area contributed by atoms with Crippen molar-refractivity contribution >= 4 is 5.82 Å². The van der Waals surface area contributed by atoms with Crippen molar-refractivity contribution in [3.8, 4) is 11.4 Å². The molecule has 0 aliphatic heterocycles. The number of nitrogens with zero attached hydrogens (tertiary/aromatic N) is 2. The summed E-state index contributed by atoms with van der Waals surface area (Å²) in [5.41, 5.74) is 4.68. The molecule has 1 aliphatic rings. The van der Waals surface area contributed by atoms with Gasteiger partial charge < -0.3 is 10.1 Å². The number of hydrogen-bond acceptors (Lipinski definition) is 4. The zero-order valence-electron chi connectivity index (χ0n) is 12.6. The van der Waals surface area contributed by atoms with Gasteiger partial charge in [-0.3, -0.25) is 0 Å². The van der Waals surface area contributed by atoms with Crippen molar-refractivity contribution in [2.24, 2.45) is 0 Å².